The van der Waals surface area contributed by atoms with Crippen LogP contribution in [0, 0.1) is 6.92 Å². The van der Waals surface area contributed by atoms with Crippen molar-refractivity contribution in [2.24, 2.45) is 0 Å². The number of aryl methyl sites for hydroxylation is 1. The van der Waals surface area contributed by atoms with Crippen molar-refractivity contribution >= 4 is 11.0 Å². The van der Waals surface area contributed by atoms with Gasteiger partial charge in [0.05, 0.1) is 22.3 Å². The Balaban J connectivity index is 2.35. The van der Waals surface area contributed by atoms with E-state index in [9.17, 15) is 4.79 Å². The van der Waals surface area contributed by atoms with Crippen LogP contribution in [0.25, 0.3) is 22.2 Å². The Bertz CT molecular complexity index is 778. The molecule has 0 aliphatic carbocycles. The summed E-state index contributed by atoms with van der Waals surface area (Å²) in [6.45, 7) is 1.82. The molecule has 0 amide bonds. The molecule has 0 aliphatic heterocycles. The Morgan fingerprint density at radius 2 is 1.89 bits per heavy atom. The molecule has 88 valence electrons. The minimum Gasteiger partial charge on any atom is -0.463 e. The van der Waals surface area contributed by atoms with E-state index < -0.39 is 0 Å². The smallest absolute Gasteiger partial charge is 0.202 e. The van der Waals surface area contributed by atoms with Gasteiger partial charge in [-0.3, -0.25) is 14.8 Å². The van der Waals surface area contributed by atoms with E-state index in [2.05, 4.69) is 9.97 Å². The first-order chi connectivity index (χ1) is 8.77. The van der Waals surface area contributed by atoms with Crippen LogP contribution in [0.4, 0.5) is 0 Å². The van der Waals surface area contributed by atoms with Crippen LogP contribution in [-0.4, -0.2) is 9.97 Å². The Labute approximate surface area is 103 Å². The van der Waals surface area contributed by atoms with Crippen molar-refractivity contribution < 1.29 is 4.42 Å². The lowest BCUT2D eigenvalue weighted by atomic mass is 10.1. The first-order valence-corrected chi connectivity index (χ1v) is 5.56. The van der Waals surface area contributed by atoms with Crippen molar-refractivity contribution in [2.45, 2.75) is 6.92 Å². The summed E-state index contributed by atoms with van der Waals surface area (Å²) in [6, 6.07) is 7.16. The lowest BCUT2D eigenvalue weighted by molar-refractivity contribution is 0.604. The van der Waals surface area contributed by atoms with Crippen LogP contribution < -0.4 is 5.43 Å². The molecule has 0 fully saturated rings. The maximum Gasteiger partial charge on any atom is 0.202 e. The van der Waals surface area contributed by atoms with E-state index in [4.69, 9.17) is 4.42 Å². The van der Waals surface area contributed by atoms with Crippen LogP contribution >= 0.6 is 0 Å². The monoisotopic (exact) mass is 238 g/mol. The first kappa shape index (κ1) is 10.7. The van der Waals surface area contributed by atoms with Gasteiger partial charge < -0.3 is 4.42 Å². The van der Waals surface area contributed by atoms with E-state index in [0.29, 0.717) is 27.9 Å². The molecule has 0 atom stereocenters. The molecule has 0 spiro atoms. The van der Waals surface area contributed by atoms with Crippen molar-refractivity contribution in [3.63, 3.8) is 0 Å². The second kappa shape index (κ2) is 4.07. The molecular weight excluding hydrogens is 228 g/mol. The highest BCUT2D eigenvalue weighted by Crippen LogP contribution is 2.19. The predicted octanol–water partition coefficient (Wildman–Crippen LogP) is 2.56. The normalized spacial score (nSPS) is 10.7. The largest absolute Gasteiger partial charge is 0.463 e. The molecule has 0 saturated carbocycles. The van der Waals surface area contributed by atoms with Gasteiger partial charge in [-0.05, 0) is 19.1 Å². The summed E-state index contributed by atoms with van der Waals surface area (Å²) < 4.78 is 5.47. The highest BCUT2D eigenvalue weighted by Gasteiger charge is 2.11. The Kier molecular flexibility index (Phi) is 2.41. The summed E-state index contributed by atoms with van der Waals surface area (Å²) in [4.78, 5) is 20.7. The molecule has 2 heterocycles. The first-order valence-electron chi connectivity index (χ1n) is 5.56. The van der Waals surface area contributed by atoms with E-state index in [-0.39, 0.29) is 5.43 Å². The number of rotatable bonds is 1. The Hall–Kier alpha value is -2.49. The Morgan fingerprint density at radius 1 is 1.11 bits per heavy atom. The number of aromatic nitrogens is 2. The van der Waals surface area contributed by atoms with Gasteiger partial charge in [-0.2, -0.15) is 0 Å². The van der Waals surface area contributed by atoms with Crippen LogP contribution in [0.2, 0.25) is 0 Å². The van der Waals surface area contributed by atoms with Crippen molar-refractivity contribution in [2.75, 3.05) is 0 Å². The second-order valence-electron chi connectivity index (χ2n) is 3.97. The van der Waals surface area contributed by atoms with Gasteiger partial charge in [0.2, 0.25) is 5.43 Å². The van der Waals surface area contributed by atoms with Gasteiger partial charge in [0.1, 0.15) is 11.8 Å². The molecular formula is C14H10N2O2. The highest BCUT2D eigenvalue weighted by atomic mass is 16.3. The fraction of sp³-hybridized carbons (Fsp3) is 0.0714. The maximum atomic E-state index is 12.4. The van der Waals surface area contributed by atoms with E-state index >= 15 is 0 Å². The fourth-order valence-electron chi connectivity index (χ4n) is 1.91. The van der Waals surface area contributed by atoms with E-state index in [1.54, 1.807) is 24.5 Å². The number of benzene rings is 1. The predicted molar refractivity (Wildman–Crippen MR) is 68.2 cm³/mol. The zero-order valence-electron chi connectivity index (χ0n) is 9.75. The minimum absolute atomic E-state index is 0.0829. The average Bonchev–Trinajstić information content (AvgIpc) is 2.41. The zero-order chi connectivity index (χ0) is 12.5. The maximum absolute atomic E-state index is 12.4. The molecule has 3 rings (SSSR count). The molecule has 1 aromatic carbocycles. The van der Waals surface area contributed by atoms with Crippen molar-refractivity contribution in [3.8, 4) is 11.3 Å². The van der Waals surface area contributed by atoms with Crippen molar-refractivity contribution in [1.82, 2.24) is 9.97 Å². The van der Waals surface area contributed by atoms with E-state index in [1.165, 1.54) is 6.26 Å². The van der Waals surface area contributed by atoms with Crippen LogP contribution in [0.5, 0.6) is 0 Å². The van der Waals surface area contributed by atoms with Gasteiger partial charge in [0.15, 0.2) is 0 Å². The summed E-state index contributed by atoms with van der Waals surface area (Å²) in [7, 11) is 0. The van der Waals surface area contributed by atoms with Crippen molar-refractivity contribution in [3.05, 3.63) is 58.8 Å². The third-order valence-corrected chi connectivity index (χ3v) is 2.82. The summed E-state index contributed by atoms with van der Waals surface area (Å²) in [5.41, 5.74) is 2.21. The van der Waals surface area contributed by atoms with Gasteiger partial charge in [0.25, 0.3) is 0 Å². The number of para-hydroxylation sites is 1. The molecule has 0 saturated heterocycles. The minimum atomic E-state index is -0.0829. The molecule has 4 heteroatoms. The number of hydrogen-bond acceptors (Lipinski definition) is 4. The third kappa shape index (κ3) is 1.59. The number of hydrogen-bond donors (Lipinski definition) is 0. The van der Waals surface area contributed by atoms with E-state index in [1.807, 2.05) is 19.1 Å². The average molecular weight is 238 g/mol. The lowest BCUT2D eigenvalue weighted by Crippen LogP contribution is -2.07. The summed E-state index contributed by atoms with van der Waals surface area (Å²) in [6.07, 6.45) is 4.61. The molecule has 0 unspecified atom stereocenters. The quantitative estimate of drug-likeness (QED) is 0.653. The molecule has 0 aliphatic rings. The summed E-state index contributed by atoms with van der Waals surface area (Å²) in [5.74, 6) is 0. The SMILES string of the molecule is Cc1nccnc1-c1coc2ccccc2c1=O. The summed E-state index contributed by atoms with van der Waals surface area (Å²) in [5, 5.41) is 0.556. The third-order valence-electron chi connectivity index (χ3n) is 2.82. The lowest BCUT2D eigenvalue weighted by Gasteiger charge is -2.03. The molecule has 2 aromatic heterocycles. The standard InChI is InChI=1S/C14H10N2O2/c1-9-13(16-7-6-15-9)11-8-18-12-5-3-2-4-10(12)14(11)17/h2-8H,1H3. The van der Waals surface area contributed by atoms with Crippen molar-refractivity contribution in [1.29, 1.82) is 0 Å². The molecule has 0 bridgehead atoms. The van der Waals surface area contributed by atoms with Crippen LogP contribution in [-0.2, 0) is 0 Å². The fourth-order valence-corrected chi connectivity index (χ4v) is 1.91. The number of nitrogens with zero attached hydrogens (tertiary/aromatic N) is 2. The van der Waals surface area contributed by atoms with Crippen LogP contribution in [0.1, 0.15) is 5.69 Å². The topological polar surface area (TPSA) is 56.0 Å². The van der Waals surface area contributed by atoms with Gasteiger partial charge >= 0.3 is 0 Å². The molecule has 3 aromatic rings. The zero-order valence-corrected chi connectivity index (χ0v) is 9.75. The van der Waals surface area contributed by atoms with E-state index in [0.717, 1.165) is 0 Å². The highest BCUT2D eigenvalue weighted by molar-refractivity contribution is 5.80. The van der Waals surface area contributed by atoms with Gasteiger partial charge in [-0.25, -0.2) is 0 Å². The van der Waals surface area contributed by atoms with Gasteiger partial charge in [-0.15, -0.1) is 0 Å². The molecule has 4 nitrogen and oxygen atoms in total. The van der Waals surface area contributed by atoms with Crippen LogP contribution in [0.15, 0.2) is 52.1 Å². The Morgan fingerprint density at radius 3 is 2.72 bits per heavy atom. The molecule has 18 heavy (non-hydrogen) atoms. The van der Waals surface area contributed by atoms with Gasteiger partial charge in [-0.1, -0.05) is 12.1 Å². The second-order valence-corrected chi connectivity index (χ2v) is 3.97. The summed E-state index contributed by atoms with van der Waals surface area (Å²) >= 11 is 0. The molecule has 0 radical (unpaired) electrons. The molecule has 0 N–H and O–H groups in total. The van der Waals surface area contributed by atoms with Crippen LogP contribution in [0.3, 0.4) is 0 Å². The number of fused-ring (bicyclic) bond motifs is 1. The van der Waals surface area contributed by atoms with Gasteiger partial charge in [0, 0.05) is 12.4 Å².